The molecule has 0 fully saturated rings. The second-order valence-electron chi connectivity index (χ2n) is 5.81. The zero-order valence-electron chi connectivity index (χ0n) is 13.6. The van der Waals surface area contributed by atoms with Crippen LogP contribution in [-0.4, -0.2) is 15.0 Å². The van der Waals surface area contributed by atoms with Crippen molar-refractivity contribution in [2.75, 3.05) is 5.32 Å². The summed E-state index contributed by atoms with van der Waals surface area (Å²) in [5, 5.41) is 3.87. The second kappa shape index (κ2) is 6.28. The molecule has 2 aromatic carbocycles. The van der Waals surface area contributed by atoms with Gasteiger partial charge in [-0.1, -0.05) is 18.2 Å². The summed E-state index contributed by atoms with van der Waals surface area (Å²) in [6.45, 7) is 2.01. The SMILES string of the molecule is Cc1cncc(-c2ccc3c(Nc4ccccc4F)ncnc3c2)c1. The quantitative estimate of drug-likeness (QED) is 0.581. The van der Waals surface area contributed by atoms with Crippen LogP contribution in [0.25, 0.3) is 22.0 Å². The molecule has 0 spiro atoms. The third-order valence-corrected chi connectivity index (χ3v) is 3.97. The fourth-order valence-corrected chi connectivity index (χ4v) is 2.74. The zero-order valence-corrected chi connectivity index (χ0v) is 13.6. The lowest BCUT2D eigenvalue weighted by Crippen LogP contribution is -1.98. The number of fused-ring (bicyclic) bond motifs is 1. The van der Waals surface area contributed by atoms with Crippen molar-refractivity contribution in [3.8, 4) is 11.1 Å². The van der Waals surface area contributed by atoms with Crippen LogP contribution >= 0.6 is 0 Å². The van der Waals surface area contributed by atoms with Crippen molar-refractivity contribution in [2.45, 2.75) is 6.92 Å². The number of anilines is 2. The Kier molecular flexibility index (Phi) is 3.82. The molecule has 0 aliphatic heterocycles. The maximum Gasteiger partial charge on any atom is 0.146 e. The zero-order chi connectivity index (χ0) is 17.2. The summed E-state index contributed by atoms with van der Waals surface area (Å²) < 4.78 is 13.9. The Balaban J connectivity index is 1.77. The first-order valence-corrected chi connectivity index (χ1v) is 7.89. The predicted octanol–water partition coefficient (Wildman–Crippen LogP) is 4.88. The minimum atomic E-state index is -0.322. The second-order valence-corrected chi connectivity index (χ2v) is 5.81. The number of aryl methyl sites for hydroxylation is 1. The van der Waals surface area contributed by atoms with E-state index in [1.54, 1.807) is 18.2 Å². The first-order chi connectivity index (χ1) is 12.2. The maximum atomic E-state index is 13.9. The summed E-state index contributed by atoms with van der Waals surface area (Å²) in [6.07, 6.45) is 5.13. The number of nitrogens with one attached hydrogen (secondary N) is 1. The molecule has 5 heteroatoms. The van der Waals surface area contributed by atoms with Gasteiger partial charge in [-0.05, 0) is 48.4 Å². The molecule has 2 heterocycles. The molecule has 25 heavy (non-hydrogen) atoms. The van der Waals surface area contributed by atoms with Crippen LogP contribution in [0.4, 0.5) is 15.9 Å². The molecule has 2 aromatic heterocycles. The fraction of sp³-hybridized carbons (Fsp3) is 0.0500. The van der Waals surface area contributed by atoms with Gasteiger partial charge in [0.2, 0.25) is 0 Å². The van der Waals surface area contributed by atoms with Gasteiger partial charge in [0.05, 0.1) is 11.2 Å². The van der Waals surface area contributed by atoms with E-state index in [1.807, 2.05) is 37.5 Å². The van der Waals surface area contributed by atoms with E-state index in [4.69, 9.17) is 0 Å². The standard InChI is InChI=1S/C20H15FN4/c1-13-8-15(11-22-10-13)14-6-7-16-19(9-14)23-12-24-20(16)25-18-5-3-2-4-17(18)21/h2-12H,1H3,(H,23,24,25). The molecule has 0 atom stereocenters. The Morgan fingerprint density at radius 1 is 0.920 bits per heavy atom. The van der Waals surface area contributed by atoms with E-state index in [0.717, 1.165) is 27.6 Å². The van der Waals surface area contributed by atoms with Crippen LogP contribution < -0.4 is 5.32 Å². The highest BCUT2D eigenvalue weighted by atomic mass is 19.1. The minimum Gasteiger partial charge on any atom is -0.337 e. The molecule has 122 valence electrons. The molecular formula is C20H15FN4. The summed E-state index contributed by atoms with van der Waals surface area (Å²) in [4.78, 5) is 12.8. The summed E-state index contributed by atoms with van der Waals surface area (Å²) in [6, 6.07) is 14.5. The van der Waals surface area contributed by atoms with Crippen molar-refractivity contribution >= 4 is 22.4 Å². The summed E-state index contributed by atoms with van der Waals surface area (Å²) in [7, 11) is 0. The van der Waals surface area contributed by atoms with Gasteiger partial charge < -0.3 is 5.32 Å². The smallest absolute Gasteiger partial charge is 0.146 e. The number of benzene rings is 2. The van der Waals surface area contributed by atoms with Gasteiger partial charge in [0.1, 0.15) is 18.0 Å². The van der Waals surface area contributed by atoms with Gasteiger partial charge in [-0.25, -0.2) is 14.4 Å². The van der Waals surface area contributed by atoms with E-state index in [-0.39, 0.29) is 5.82 Å². The van der Waals surface area contributed by atoms with E-state index >= 15 is 0 Å². The van der Waals surface area contributed by atoms with E-state index in [2.05, 4.69) is 26.3 Å². The highest BCUT2D eigenvalue weighted by molar-refractivity contribution is 5.93. The van der Waals surface area contributed by atoms with Gasteiger partial charge in [-0.2, -0.15) is 0 Å². The fourth-order valence-electron chi connectivity index (χ4n) is 2.74. The van der Waals surface area contributed by atoms with E-state index in [0.29, 0.717) is 11.5 Å². The molecule has 0 saturated carbocycles. The molecule has 0 radical (unpaired) electrons. The molecule has 0 saturated heterocycles. The van der Waals surface area contributed by atoms with E-state index in [1.165, 1.54) is 12.4 Å². The lowest BCUT2D eigenvalue weighted by Gasteiger charge is -2.10. The third-order valence-electron chi connectivity index (χ3n) is 3.97. The average Bonchev–Trinajstić information content (AvgIpc) is 2.63. The van der Waals surface area contributed by atoms with Crippen molar-refractivity contribution in [2.24, 2.45) is 0 Å². The molecular weight excluding hydrogens is 315 g/mol. The topological polar surface area (TPSA) is 50.7 Å². The first kappa shape index (κ1) is 15.2. The number of hydrogen-bond acceptors (Lipinski definition) is 4. The highest BCUT2D eigenvalue weighted by Gasteiger charge is 2.08. The predicted molar refractivity (Wildman–Crippen MR) is 97.2 cm³/mol. The molecule has 4 aromatic rings. The van der Waals surface area contributed by atoms with Crippen LogP contribution in [0.3, 0.4) is 0 Å². The Hall–Kier alpha value is -3.34. The summed E-state index contributed by atoms with van der Waals surface area (Å²) >= 11 is 0. The molecule has 0 unspecified atom stereocenters. The number of aromatic nitrogens is 3. The molecule has 4 nitrogen and oxygen atoms in total. The van der Waals surface area contributed by atoms with Crippen molar-refractivity contribution in [1.29, 1.82) is 0 Å². The average molecular weight is 330 g/mol. The maximum absolute atomic E-state index is 13.9. The van der Waals surface area contributed by atoms with Gasteiger partial charge in [-0.3, -0.25) is 4.98 Å². The van der Waals surface area contributed by atoms with Crippen LogP contribution in [-0.2, 0) is 0 Å². The number of pyridine rings is 1. The molecule has 0 amide bonds. The van der Waals surface area contributed by atoms with Gasteiger partial charge >= 0.3 is 0 Å². The lowest BCUT2D eigenvalue weighted by molar-refractivity contribution is 0.632. The number of halogens is 1. The van der Waals surface area contributed by atoms with Gasteiger partial charge in [0.25, 0.3) is 0 Å². The van der Waals surface area contributed by atoms with Crippen molar-refractivity contribution in [3.05, 3.63) is 78.6 Å². The number of rotatable bonds is 3. The molecule has 1 N–H and O–H groups in total. The Morgan fingerprint density at radius 3 is 2.64 bits per heavy atom. The Labute approximate surface area is 144 Å². The first-order valence-electron chi connectivity index (χ1n) is 7.89. The van der Waals surface area contributed by atoms with Crippen LogP contribution in [0.2, 0.25) is 0 Å². The molecule has 0 aliphatic rings. The highest BCUT2D eigenvalue weighted by Crippen LogP contribution is 2.28. The van der Waals surface area contributed by atoms with Crippen molar-refractivity contribution < 1.29 is 4.39 Å². The number of hydrogen-bond donors (Lipinski definition) is 1. The number of para-hydroxylation sites is 1. The Bertz CT molecular complexity index is 1060. The summed E-state index contributed by atoms with van der Waals surface area (Å²) in [5.41, 5.74) is 4.33. The summed E-state index contributed by atoms with van der Waals surface area (Å²) in [5.74, 6) is 0.251. The monoisotopic (exact) mass is 330 g/mol. The van der Waals surface area contributed by atoms with E-state index < -0.39 is 0 Å². The molecule has 0 aliphatic carbocycles. The van der Waals surface area contributed by atoms with Crippen LogP contribution in [0.5, 0.6) is 0 Å². The molecule has 0 bridgehead atoms. The van der Waals surface area contributed by atoms with Gasteiger partial charge in [0, 0.05) is 23.3 Å². The van der Waals surface area contributed by atoms with Crippen LogP contribution in [0.15, 0.2) is 67.3 Å². The van der Waals surface area contributed by atoms with Gasteiger partial charge in [0.15, 0.2) is 0 Å². The van der Waals surface area contributed by atoms with Crippen molar-refractivity contribution in [1.82, 2.24) is 15.0 Å². The third kappa shape index (κ3) is 3.04. The van der Waals surface area contributed by atoms with Crippen LogP contribution in [0.1, 0.15) is 5.56 Å². The lowest BCUT2D eigenvalue weighted by atomic mass is 10.0. The largest absolute Gasteiger partial charge is 0.337 e. The normalized spacial score (nSPS) is 10.8. The van der Waals surface area contributed by atoms with Gasteiger partial charge in [-0.15, -0.1) is 0 Å². The van der Waals surface area contributed by atoms with Crippen LogP contribution in [0, 0.1) is 12.7 Å². The number of nitrogens with zero attached hydrogens (tertiary/aromatic N) is 3. The minimum absolute atomic E-state index is 0.322. The van der Waals surface area contributed by atoms with Crippen molar-refractivity contribution in [3.63, 3.8) is 0 Å². The molecule has 4 rings (SSSR count). The Morgan fingerprint density at radius 2 is 1.80 bits per heavy atom. The van der Waals surface area contributed by atoms with E-state index in [9.17, 15) is 4.39 Å².